The number of carbonyl (C=O) groups excluding carboxylic acids is 2. The van der Waals surface area contributed by atoms with Crippen molar-refractivity contribution in [1.82, 2.24) is 19.8 Å². The van der Waals surface area contributed by atoms with Crippen LogP contribution in [0.2, 0.25) is 0 Å². The molecule has 2 N–H and O–H groups in total. The van der Waals surface area contributed by atoms with Crippen LogP contribution in [0.4, 0.5) is 0 Å². The lowest BCUT2D eigenvalue weighted by molar-refractivity contribution is -0.141. The lowest BCUT2D eigenvalue weighted by Crippen LogP contribution is -2.59. The number of hydrogen-bond acceptors (Lipinski definition) is 5. The predicted molar refractivity (Wildman–Crippen MR) is 98.1 cm³/mol. The third-order valence-electron chi connectivity index (χ3n) is 4.44. The zero-order chi connectivity index (χ0) is 19.3. The Morgan fingerprint density at radius 1 is 1.27 bits per heavy atom. The summed E-state index contributed by atoms with van der Waals surface area (Å²) in [6, 6.07) is 6.05. The average Bonchev–Trinajstić information content (AvgIpc) is 2.65. The van der Waals surface area contributed by atoms with E-state index in [9.17, 15) is 18.0 Å². The highest BCUT2D eigenvalue weighted by molar-refractivity contribution is 7.89. The number of nitrogens with zero attached hydrogens (tertiary/aromatic N) is 2. The second-order valence-corrected chi connectivity index (χ2v) is 8.50. The molecule has 1 aromatic rings. The van der Waals surface area contributed by atoms with Gasteiger partial charge < -0.3 is 15.5 Å². The first-order chi connectivity index (χ1) is 12.3. The minimum absolute atomic E-state index is 0.0786. The number of sulfonamides is 1. The van der Waals surface area contributed by atoms with Crippen LogP contribution in [-0.2, 0) is 26.0 Å². The van der Waals surface area contributed by atoms with E-state index in [1.807, 2.05) is 0 Å². The molecule has 0 spiro atoms. The molecule has 1 heterocycles. The number of amides is 2. The van der Waals surface area contributed by atoms with Gasteiger partial charge in [0, 0.05) is 47.2 Å². The van der Waals surface area contributed by atoms with Crippen molar-refractivity contribution >= 4 is 21.8 Å². The molecule has 0 aliphatic carbocycles. The zero-order valence-corrected chi connectivity index (χ0v) is 16.2. The number of hydrogen-bond donors (Lipinski definition) is 2. The van der Waals surface area contributed by atoms with Crippen LogP contribution in [0.15, 0.2) is 29.2 Å². The zero-order valence-electron chi connectivity index (χ0n) is 15.4. The first kappa shape index (κ1) is 20.3. The van der Waals surface area contributed by atoms with E-state index in [1.54, 1.807) is 36.2 Å². The highest BCUT2D eigenvalue weighted by Crippen LogP contribution is 2.16. The third-order valence-corrected chi connectivity index (χ3v) is 6.27. The van der Waals surface area contributed by atoms with Gasteiger partial charge in [0.25, 0.3) is 0 Å². The number of rotatable bonds is 6. The molecule has 9 heteroatoms. The fraction of sp³-hybridized carbons (Fsp3) is 0.529. The quantitative estimate of drug-likeness (QED) is 0.686. The molecule has 144 valence electrons. The van der Waals surface area contributed by atoms with Crippen molar-refractivity contribution in [2.24, 2.45) is 0 Å². The van der Waals surface area contributed by atoms with Crippen molar-refractivity contribution in [2.75, 3.05) is 40.8 Å². The van der Waals surface area contributed by atoms with Crippen LogP contribution in [0.25, 0.3) is 0 Å². The van der Waals surface area contributed by atoms with E-state index in [1.165, 1.54) is 14.1 Å². The lowest BCUT2D eigenvalue weighted by Gasteiger charge is -2.35. The van der Waals surface area contributed by atoms with E-state index in [0.717, 1.165) is 9.87 Å². The fourth-order valence-electron chi connectivity index (χ4n) is 2.84. The maximum Gasteiger partial charge on any atom is 0.243 e. The molecular formula is C17H26N4O4S. The second kappa shape index (κ2) is 8.61. The van der Waals surface area contributed by atoms with Crippen LogP contribution in [0, 0.1) is 0 Å². The first-order valence-corrected chi connectivity index (χ1v) is 9.94. The molecule has 0 radical (unpaired) electrons. The van der Waals surface area contributed by atoms with Crippen molar-refractivity contribution in [3.63, 3.8) is 0 Å². The number of nitrogens with one attached hydrogen (secondary N) is 2. The molecule has 1 atom stereocenters. The SMILES string of the molecule is CNC(=O)[C@H]1CNCCN1C(=O)CCc1ccc(S(=O)(=O)N(C)C)cc1. The minimum atomic E-state index is -3.46. The monoisotopic (exact) mass is 382 g/mol. The van der Waals surface area contributed by atoms with Crippen LogP contribution in [0.3, 0.4) is 0 Å². The number of benzene rings is 1. The molecule has 1 aromatic carbocycles. The fourth-order valence-corrected chi connectivity index (χ4v) is 3.74. The maximum atomic E-state index is 12.5. The summed E-state index contributed by atoms with van der Waals surface area (Å²) >= 11 is 0. The second-order valence-electron chi connectivity index (χ2n) is 6.35. The van der Waals surface area contributed by atoms with Gasteiger partial charge in [-0.2, -0.15) is 0 Å². The van der Waals surface area contributed by atoms with Gasteiger partial charge in [0.2, 0.25) is 21.8 Å². The largest absolute Gasteiger partial charge is 0.357 e. The molecule has 0 saturated carbocycles. The number of likely N-dealkylation sites (N-methyl/N-ethyl adjacent to an activating group) is 1. The number of carbonyl (C=O) groups is 2. The molecule has 1 aliphatic heterocycles. The van der Waals surface area contributed by atoms with Gasteiger partial charge in [0.05, 0.1) is 4.90 Å². The summed E-state index contributed by atoms with van der Waals surface area (Å²) in [6.45, 7) is 1.61. The molecule has 1 aliphatic rings. The maximum absolute atomic E-state index is 12.5. The molecule has 1 fully saturated rings. The van der Waals surface area contributed by atoms with Gasteiger partial charge in [-0.1, -0.05) is 12.1 Å². The van der Waals surface area contributed by atoms with Gasteiger partial charge in [0.15, 0.2) is 0 Å². The van der Waals surface area contributed by atoms with Gasteiger partial charge >= 0.3 is 0 Å². The highest BCUT2D eigenvalue weighted by atomic mass is 32.2. The summed E-state index contributed by atoms with van der Waals surface area (Å²) in [5.74, 6) is -0.256. The summed E-state index contributed by atoms with van der Waals surface area (Å²) in [6.07, 6.45) is 0.763. The summed E-state index contributed by atoms with van der Waals surface area (Å²) in [7, 11) is 1.07. The third kappa shape index (κ3) is 4.60. The molecule has 2 rings (SSSR count). The molecule has 2 amide bonds. The van der Waals surface area contributed by atoms with Crippen molar-refractivity contribution in [2.45, 2.75) is 23.8 Å². The Bertz CT molecular complexity index is 747. The minimum Gasteiger partial charge on any atom is -0.357 e. The van der Waals surface area contributed by atoms with E-state index in [0.29, 0.717) is 26.1 Å². The van der Waals surface area contributed by atoms with E-state index in [-0.39, 0.29) is 23.1 Å². The van der Waals surface area contributed by atoms with Crippen molar-refractivity contribution in [1.29, 1.82) is 0 Å². The van der Waals surface area contributed by atoms with Crippen LogP contribution < -0.4 is 10.6 Å². The summed E-state index contributed by atoms with van der Waals surface area (Å²) in [5.41, 5.74) is 0.877. The number of piperazine rings is 1. The normalized spacial score (nSPS) is 18.0. The van der Waals surface area contributed by atoms with Crippen LogP contribution >= 0.6 is 0 Å². The molecule has 0 bridgehead atoms. The van der Waals surface area contributed by atoms with Crippen molar-refractivity contribution in [3.05, 3.63) is 29.8 Å². The smallest absolute Gasteiger partial charge is 0.243 e. The summed E-state index contributed by atoms with van der Waals surface area (Å²) < 4.78 is 25.3. The van der Waals surface area contributed by atoms with Gasteiger partial charge in [-0.05, 0) is 24.1 Å². The summed E-state index contributed by atoms with van der Waals surface area (Å²) in [5, 5.41) is 5.71. The van der Waals surface area contributed by atoms with E-state index < -0.39 is 16.1 Å². The van der Waals surface area contributed by atoms with Gasteiger partial charge in [-0.3, -0.25) is 9.59 Å². The van der Waals surface area contributed by atoms with Gasteiger partial charge in [-0.15, -0.1) is 0 Å². The van der Waals surface area contributed by atoms with Crippen molar-refractivity contribution < 1.29 is 18.0 Å². The lowest BCUT2D eigenvalue weighted by atomic mass is 10.1. The Labute approximate surface area is 154 Å². The Morgan fingerprint density at radius 2 is 1.92 bits per heavy atom. The van der Waals surface area contributed by atoms with Gasteiger partial charge in [-0.25, -0.2) is 12.7 Å². The molecule has 26 heavy (non-hydrogen) atoms. The molecule has 8 nitrogen and oxygen atoms in total. The Hall–Kier alpha value is -1.97. The predicted octanol–water partition coefficient (Wildman–Crippen LogP) is -0.584. The van der Waals surface area contributed by atoms with Crippen LogP contribution in [0.5, 0.6) is 0 Å². The van der Waals surface area contributed by atoms with E-state index in [2.05, 4.69) is 10.6 Å². The first-order valence-electron chi connectivity index (χ1n) is 8.50. The molecule has 0 unspecified atom stereocenters. The molecular weight excluding hydrogens is 356 g/mol. The number of aryl methyl sites for hydroxylation is 1. The average molecular weight is 382 g/mol. The Morgan fingerprint density at radius 3 is 2.50 bits per heavy atom. The Balaban J connectivity index is 1.99. The van der Waals surface area contributed by atoms with E-state index in [4.69, 9.17) is 0 Å². The van der Waals surface area contributed by atoms with Crippen molar-refractivity contribution in [3.8, 4) is 0 Å². The van der Waals surface area contributed by atoms with Gasteiger partial charge in [0.1, 0.15) is 6.04 Å². The standard InChI is InChI=1S/C17H26N4O4S/c1-18-17(23)15-12-19-10-11-21(15)16(22)9-6-13-4-7-14(8-5-13)26(24,25)20(2)3/h4-5,7-8,15,19H,6,9-12H2,1-3H3,(H,18,23)/t15-/m1/s1. The van der Waals surface area contributed by atoms with E-state index >= 15 is 0 Å². The molecule has 1 saturated heterocycles. The molecule has 0 aromatic heterocycles. The highest BCUT2D eigenvalue weighted by Gasteiger charge is 2.31. The Kier molecular flexibility index (Phi) is 6.74. The van der Waals surface area contributed by atoms with Crippen LogP contribution in [-0.4, -0.2) is 76.3 Å². The van der Waals surface area contributed by atoms with Crippen LogP contribution in [0.1, 0.15) is 12.0 Å². The topological polar surface area (TPSA) is 98.8 Å². The summed E-state index contributed by atoms with van der Waals surface area (Å²) in [4.78, 5) is 26.3.